The van der Waals surface area contributed by atoms with Gasteiger partial charge in [-0.05, 0) is 24.6 Å². The fraction of sp³-hybridized carbons (Fsp3) is 0.353. The minimum absolute atomic E-state index is 0. The third kappa shape index (κ3) is 6.11. The summed E-state index contributed by atoms with van der Waals surface area (Å²) in [6.45, 7) is 7.25. The number of halogens is 2. The monoisotopic (exact) mass is 458 g/mol. The first-order valence-corrected chi connectivity index (χ1v) is 7.71. The van der Waals surface area contributed by atoms with Crippen LogP contribution in [0.4, 0.5) is 4.39 Å². The van der Waals surface area contributed by atoms with Crippen LogP contribution in [0, 0.1) is 12.7 Å². The van der Waals surface area contributed by atoms with Crippen LogP contribution in [-0.4, -0.2) is 39.2 Å². The summed E-state index contributed by atoms with van der Waals surface area (Å²) >= 11 is 0. The maximum atomic E-state index is 13.0. The van der Waals surface area contributed by atoms with Crippen molar-refractivity contribution in [2.45, 2.75) is 20.0 Å². The highest BCUT2D eigenvalue weighted by Crippen LogP contribution is 2.06. The van der Waals surface area contributed by atoms with Gasteiger partial charge in [0.2, 0.25) is 0 Å². The molecule has 8 heteroatoms. The van der Waals surface area contributed by atoms with E-state index in [9.17, 15) is 4.39 Å². The third-order valence-electron chi connectivity index (χ3n) is 3.65. The molecular weight excluding hydrogens is 434 g/mol. The van der Waals surface area contributed by atoms with Crippen molar-refractivity contribution in [1.82, 2.24) is 25.0 Å². The van der Waals surface area contributed by atoms with Crippen molar-refractivity contribution in [3.63, 3.8) is 0 Å². The van der Waals surface area contributed by atoms with Crippen LogP contribution in [0.5, 0.6) is 0 Å². The van der Waals surface area contributed by atoms with Crippen molar-refractivity contribution >= 4 is 29.9 Å². The molecule has 1 aromatic heterocycles. The maximum absolute atomic E-state index is 13.0. The molecule has 0 radical (unpaired) electrons. The Labute approximate surface area is 164 Å². The highest BCUT2D eigenvalue weighted by atomic mass is 127. The van der Waals surface area contributed by atoms with Crippen molar-refractivity contribution in [3.8, 4) is 0 Å². The number of hydrogen-bond acceptors (Lipinski definition) is 3. The number of aryl methyl sites for hydroxylation is 1. The van der Waals surface area contributed by atoms with E-state index in [0.717, 1.165) is 23.2 Å². The van der Waals surface area contributed by atoms with Gasteiger partial charge in [-0.15, -0.1) is 40.8 Å². The quantitative estimate of drug-likeness (QED) is 0.313. The molecule has 0 fully saturated rings. The minimum atomic E-state index is -0.238. The number of nitrogens with one attached hydrogen (secondary N) is 1. The molecule has 0 aliphatic carbocycles. The Bertz CT molecular complexity index is 710. The lowest BCUT2D eigenvalue weighted by Crippen LogP contribution is -2.38. The number of aliphatic imine (C=N–C) groups is 1. The van der Waals surface area contributed by atoms with E-state index < -0.39 is 0 Å². The average molecular weight is 458 g/mol. The Morgan fingerprint density at radius 2 is 2.04 bits per heavy atom. The number of rotatable bonds is 6. The standard InChI is InChI=1S/C17H23FN6.HI/c1-5-10-19-17(20-11-16-22-21-13(2)24(16)4)23(3)12-14-6-8-15(18)9-7-14;/h5-9H,1,10-12H2,2-4H3,(H,19,20);1H. The van der Waals surface area contributed by atoms with Crippen LogP contribution in [-0.2, 0) is 20.1 Å². The molecule has 0 aliphatic rings. The van der Waals surface area contributed by atoms with E-state index in [1.807, 2.05) is 30.5 Å². The Morgan fingerprint density at radius 3 is 2.60 bits per heavy atom. The van der Waals surface area contributed by atoms with E-state index in [0.29, 0.717) is 19.6 Å². The van der Waals surface area contributed by atoms with Gasteiger partial charge >= 0.3 is 0 Å². The second kappa shape index (κ2) is 10.1. The van der Waals surface area contributed by atoms with E-state index in [1.165, 1.54) is 12.1 Å². The third-order valence-corrected chi connectivity index (χ3v) is 3.65. The summed E-state index contributed by atoms with van der Waals surface area (Å²) in [5.74, 6) is 2.12. The average Bonchev–Trinajstić information content (AvgIpc) is 2.89. The molecule has 0 spiro atoms. The second-order valence-electron chi connectivity index (χ2n) is 5.51. The molecular formula is C17H24FIN6. The predicted octanol–water partition coefficient (Wildman–Crippen LogP) is 2.64. The lowest BCUT2D eigenvalue weighted by molar-refractivity contribution is 0.477. The summed E-state index contributed by atoms with van der Waals surface area (Å²) in [6, 6.07) is 6.45. The zero-order valence-electron chi connectivity index (χ0n) is 14.7. The molecule has 1 heterocycles. The summed E-state index contributed by atoms with van der Waals surface area (Å²) in [7, 11) is 3.85. The Kier molecular flexibility index (Phi) is 8.53. The van der Waals surface area contributed by atoms with Gasteiger partial charge < -0.3 is 14.8 Å². The SMILES string of the molecule is C=CCNC(=NCc1nnc(C)n1C)N(C)Cc1ccc(F)cc1.I. The Morgan fingerprint density at radius 1 is 1.36 bits per heavy atom. The van der Waals surface area contributed by atoms with Gasteiger partial charge in [-0.25, -0.2) is 9.38 Å². The molecule has 2 rings (SSSR count). The number of hydrogen-bond donors (Lipinski definition) is 1. The van der Waals surface area contributed by atoms with Gasteiger partial charge in [0.25, 0.3) is 0 Å². The highest BCUT2D eigenvalue weighted by molar-refractivity contribution is 14.0. The lowest BCUT2D eigenvalue weighted by atomic mass is 10.2. The van der Waals surface area contributed by atoms with E-state index >= 15 is 0 Å². The molecule has 0 saturated carbocycles. The molecule has 1 aromatic carbocycles. The van der Waals surface area contributed by atoms with Crippen molar-refractivity contribution < 1.29 is 4.39 Å². The van der Waals surface area contributed by atoms with E-state index in [1.54, 1.807) is 18.2 Å². The summed E-state index contributed by atoms with van der Waals surface area (Å²) in [5, 5.41) is 11.4. The topological polar surface area (TPSA) is 58.3 Å². The summed E-state index contributed by atoms with van der Waals surface area (Å²) in [5.41, 5.74) is 1.00. The summed E-state index contributed by atoms with van der Waals surface area (Å²) in [4.78, 5) is 6.58. The van der Waals surface area contributed by atoms with Crippen LogP contribution in [0.2, 0.25) is 0 Å². The molecule has 25 heavy (non-hydrogen) atoms. The zero-order chi connectivity index (χ0) is 17.5. The van der Waals surface area contributed by atoms with Gasteiger partial charge in [-0.1, -0.05) is 18.2 Å². The van der Waals surface area contributed by atoms with Gasteiger partial charge in [-0.3, -0.25) is 0 Å². The Balaban J connectivity index is 0.00000312. The normalized spacial score (nSPS) is 11.0. The van der Waals surface area contributed by atoms with Crippen LogP contribution in [0.1, 0.15) is 17.2 Å². The molecule has 0 unspecified atom stereocenters. The van der Waals surface area contributed by atoms with Crippen LogP contribution < -0.4 is 5.32 Å². The molecule has 0 bridgehead atoms. The van der Waals surface area contributed by atoms with Gasteiger partial charge in [0.1, 0.15) is 18.2 Å². The van der Waals surface area contributed by atoms with Crippen LogP contribution >= 0.6 is 24.0 Å². The zero-order valence-corrected chi connectivity index (χ0v) is 17.1. The van der Waals surface area contributed by atoms with Crippen molar-refractivity contribution in [2.75, 3.05) is 13.6 Å². The fourth-order valence-electron chi connectivity index (χ4n) is 2.15. The van der Waals surface area contributed by atoms with Gasteiger partial charge in [-0.2, -0.15) is 0 Å². The maximum Gasteiger partial charge on any atom is 0.194 e. The minimum Gasteiger partial charge on any atom is -0.353 e. The fourth-order valence-corrected chi connectivity index (χ4v) is 2.15. The van der Waals surface area contributed by atoms with Gasteiger partial charge in [0.15, 0.2) is 11.8 Å². The molecule has 2 aromatic rings. The highest BCUT2D eigenvalue weighted by Gasteiger charge is 2.09. The first-order valence-electron chi connectivity index (χ1n) is 7.71. The molecule has 136 valence electrons. The van der Waals surface area contributed by atoms with Crippen LogP contribution in [0.25, 0.3) is 0 Å². The first-order chi connectivity index (χ1) is 11.5. The first kappa shape index (κ1) is 21.1. The predicted molar refractivity (Wildman–Crippen MR) is 108 cm³/mol. The molecule has 0 aliphatic heterocycles. The summed E-state index contributed by atoms with van der Waals surface area (Å²) in [6.07, 6.45) is 1.77. The number of benzene rings is 1. The van der Waals surface area contributed by atoms with Crippen molar-refractivity contribution in [3.05, 3.63) is 59.9 Å². The van der Waals surface area contributed by atoms with Crippen LogP contribution in [0.3, 0.4) is 0 Å². The lowest BCUT2D eigenvalue weighted by Gasteiger charge is -2.22. The van der Waals surface area contributed by atoms with E-state index in [2.05, 4.69) is 27.1 Å². The molecule has 0 saturated heterocycles. The molecule has 0 amide bonds. The summed E-state index contributed by atoms with van der Waals surface area (Å²) < 4.78 is 14.9. The number of nitrogens with zero attached hydrogens (tertiary/aromatic N) is 5. The van der Waals surface area contributed by atoms with Gasteiger partial charge in [0, 0.05) is 27.2 Å². The van der Waals surface area contributed by atoms with E-state index in [-0.39, 0.29) is 29.8 Å². The Hall–Kier alpha value is -1.97. The number of guanidine groups is 1. The second-order valence-corrected chi connectivity index (χ2v) is 5.51. The number of aromatic nitrogens is 3. The van der Waals surface area contributed by atoms with Gasteiger partial charge in [0.05, 0.1) is 0 Å². The molecule has 0 atom stereocenters. The molecule has 1 N–H and O–H groups in total. The molecule has 6 nitrogen and oxygen atoms in total. The smallest absolute Gasteiger partial charge is 0.194 e. The largest absolute Gasteiger partial charge is 0.353 e. The van der Waals surface area contributed by atoms with Crippen LogP contribution in [0.15, 0.2) is 41.9 Å². The van der Waals surface area contributed by atoms with Crippen molar-refractivity contribution in [1.29, 1.82) is 0 Å². The van der Waals surface area contributed by atoms with Crippen molar-refractivity contribution in [2.24, 2.45) is 12.0 Å². The van der Waals surface area contributed by atoms with E-state index in [4.69, 9.17) is 0 Å².